The van der Waals surface area contributed by atoms with Crippen LogP contribution < -0.4 is 0 Å². The van der Waals surface area contributed by atoms with Crippen LogP contribution in [0.4, 0.5) is 0 Å². The number of aryl methyl sites for hydroxylation is 1. The number of aromatic nitrogens is 4. The number of benzene rings is 1. The number of fused-ring (bicyclic) bond motifs is 1. The van der Waals surface area contributed by atoms with E-state index in [1.165, 1.54) is 0 Å². The average molecular weight is 393 g/mol. The number of carbonyl (C=O) groups excluding carboxylic acids is 1. The van der Waals surface area contributed by atoms with Crippen molar-refractivity contribution in [3.05, 3.63) is 77.2 Å². The molecule has 6 nitrogen and oxygen atoms in total. The highest BCUT2D eigenvalue weighted by Crippen LogP contribution is 2.26. The Kier molecular flexibility index (Phi) is 5.04. The predicted octanol–water partition coefficient (Wildman–Crippen LogP) is 4.52. The maximum atomic E-state index is 12.9. The summed E-state index contributed by atoms with van der Waals surface area (Å²) in [5, 5.41) is 5.31. The molecule has 0 aliphatic heterocycles. The fourth-order valence-electron chi connectivity index (χ4n) is 2.95. The maximum absolute atomic E-state index is 12.9. The van der Waals surface area contributed by atoms with Gasteiger partial charge in [0.1, 0.15) is 11.8 Å². The fraction of sp³-hybridized carbons (Fsp3) is 0.143. The molecule has 4 rings (SSSR count). The van der Waals surface area contributed by atoms with Crippen LogP contribution in [-0.4, -0.2) is 25.7 Å². The second-order valence-electron chi connectivity index (χ2n) is 6.15. The number of nitrogens with zero attached hydrogens (tertiary/aromatic N) is 4. The van der Waals surface area contributed by atoms with Crippen molar-refractivity contribution in [2.45, 2.75) is 20.1 Å². The topological polar surface area (TPSA) is 69.9 Å². The summed E-state index contributed by atoms with van der Waals surface area (Å²) in [6, 6.07) is 15.0. The van der Waals surface area contributed by atoms with Crippen LogP contribution in [0.2, 0.25) is 5.15 Å². The van der Waals surface area contributed by atoms with E-state index >= 15 is 0 Å². The zero-order valence-electron chi connectivity index (χ0n) is 15.2. The van der Waals surface area contributed by atoms with Crippen molar-refractivity contribution in [3.63, 3.8) is 0 Å². The molecule has 0 radical (unpaired) electrons. The van der Waals surface area contributed by atoms with Gasteiger partial charge in [0.2, 0.25) is 0 Å². The van der Waals surface area contributed by atoms with E-state index in [1.807, 2.05) is 37.3 Å². The summed E-state index contributed by atoms with van der Waals surface area (Å²) in [6.07, 6.45) is 3.24. The number of rotatable bonds is 5. The Morgan fingerprint density at radius 3 is 2.75 bits per heavy atom. The lowest BCUT2D eigenvalue weighted by molar-refractivity contribution is 0.0475. The molecular weight excluding hydrogens is 376 g/mol. The second kappa shape index (κ2) is 7.78. The molecular formula is C21H17ClN4O2. The molecule has 1 aromatic carbocycles. The summed E-state index contributed by atoms with van der Waals surface area (Å²) < 4.78 is 7.27. The number of esters is 1. The predicted molar refractivity (Wildman–Crippen MR) is 107 cm³/mol. The van der Waals surface area contributed by atoms with Crippen molar-refractivity contribution in [1.29, 1.82) is 0 Å². The summed E-state index contributed by atoms with van der Waals surface area (Å²) >= 11 is 6.05. The Balaban J connectivity index is 1.73. The minimum atomic E-state index is -0.458. The van der Waals surface area contributed by atoms with E-state index in [4.69, 9.17) is 21.3 Å². The quantitative estimate of drug-likeness (QED) is 0.369. The van der Waals surface area contributed by atoms with Crippen molar-refractivity contribution >= 4 is 28.6 Å². The number of pyridine rings is 2. The molecule has 0 atom stereocenters. The van der Waals surface area contributed by atoms with Gasteiger partial charge in [0, 0.05) is 23.9 Å². The maximum Gasteiger partial charge on any atom is 0.339 e. The normalized spacial score (nSPS) is 10.9. The first-order valence-electron chi connectivity index (χ1n) is 8.86. The van der Waals surface area contributed by atoms with Crippen LogP contribution in [0.15, 0.2) is 60.9 Å². The molecule has 0 saturated heterocycles. The Bertz CT molecular complexity index is 1140. The van der Waals surface area contributed by atoms with Crippen LogP contribution in [0.1, 0.15) is 22.8 Å². The lowest BCUT2D eigenvalue weighted by atomic mass is 10.1. The minimum absolute atomic E-state index is 0.0396. The Morgan fingerprint density at radius 1 is 1.18 bits per heavy atom. The third-order valence-corrected chi connectivity index (χ3v) is 4.73. The molecule has 3 aromatic heterocycles. The average Bonchev–Trinajstić information content (AvgIpc) is 3.16. The molecule has 7 heteroatoms. The largest absolute Gasteiger partial charge is 0.457 e. The summed E-state index contributed by atoms with van der Waals surface area (Å²) in [5.41, 5.74) is 3.32. The molecule has 0 fully saturated rings. The molecule has 0 spiro atoms. The third kappa shape index (κ3) is 3.46. The van der Waals surface area contributed by atoms with E-state index in [1.54, 1.807) is 35.3 Å². The first kappa shape index (κ1) is 18.1. The van der Waals surface area contributed by atoms with Crippen molar-refractivity contribution in [2.75, 3.05) is 0 Å². The van der Waals surface area contributed by atoms with Crippen LogP contribution in [0.25, 0.3) is 22.3 Å². The number of ether oxygens (including phenoxy) is 1. The molecule has 0 aliphatic rings. The molecule has 3 heterocycles. The number of hydrogen-bond donors (Lipinski definition) is 0. The summed E-state index contributed by atoms with van der Waals surface area (Å²) in [4.78, 5) is 21.6. The highest BCUT2D eigenvalue weighted by Gasteiger charge is 2.19. The smallest absolute Gasteiger partial charge is 0.339 e. The van der Waals surface area contributed by atoms with Crippen LogP contribution in [0.3, 0.4) is 0 Å². The zero-order chi connectivity index (χ0) is 19.5. The fourth-order valence-corrected chi connectivity index (χ4v) is 3.13. The second-order valence-corrected chi connectivity index (χ2v) is 6.51. The molecule has 4 aromatic rings. The van der Waals surface area contributed by atoms with Gasteiger partial charge in [-0.15, -0.1) is 0 Å². The van der Waals surface area contributed by atoms with Gasteiger partial charge in [0.25, 0.3) is 0 Å². The first-order chi connectivity index (χ1) is 13.7. The van der Waals surface area contributed by atoms with Gasteiger partial charge in [0.05, 0.1) is 22.8 Å². The van der Waals surface area contributed by atoms with Gasteiger partial charge in [-0.2, -0.15) is 5.10 Å². The molecule has 0 aliphatic carbocycles. The Hall–Kier alpha value is -3.25. The summed E-state index contributed by atoms with van der Waals surface area (Å²) in [7, 11) is 0. The number of halogens is 1. The summed E-state index contributed by atoms with van der Waals surface area (Å²) in [6.45, 7) is 2.66. The Labute approximate surface area is 166 Å². The number of carbonyl (C=O) groups is 1. The van der Waals surface area contributed by atoms with Crippen molar-refractivity contribution in [2.24, 2.45) is 0 Å². The van der Waals surface area contributed by atoms with Gasteiger partial charge in [-0.05, 0) is 19.1 Å². The minimum Gasteiger partial charge on any atom is -0.457 e. The van der Waals surface area contributed by atoms with Crippen molar-refractivity contribution in [1.82, 2.24) is 19.7 Å². The van der Waals surface area contributed by atoms with Crippen LogP contribution >= 0.6 is 11.6 Å². The van der Waals surface area contributed by atoms with E-state index < -0.39 is 5.97 Å². The number of hydrogen-bond acceptors (Lipinski definition) is 5. The van der Waals surface area contributed by atoms with E-state index in [2.05, 4.69) is 10.1 Å². The van der Waals surface area contributed by atoms with E-state index in [0.717, 1.165) is 5.56 Å². The monoisotopic (exact) mass is 392 g/mol. The lowest BCUT2D eigenvalue weighted by Gasteiger charge is -2.09. The van der Waals surface area contributed by atoms with E-state index in [9.17, 15) is 4.79 Å². The van der Waals surface area contributed by atoms with E-state index in [0.29, 0.717) is 39.6 Å². The van der Waals surface area contributed by atoms with Gasteiger partial charge in [0.15, 0.2) is 5.65 Å². The molecule has 0 bridgehead atoms. The third-order valence-electron chi connectivity index (χ3n) is 4.39. The van der Waals surface area contributed by atoms with Crippen molar-refractivity contribution in [3.8, 4) is 11.3 Å². The lowest BCUT2D eigenvalue weighted by Crippen LogP contribution is -2.08. The van der Waals surface area contributed by atoms with Crippen LogP contribution in [0.5, 0.6) is 0 Å². The zero-order valence-corrected chi connectivity index (χ0v) is 15.9. The molecule has 140 valence electrons. The standard InChI is InChI=1S/C21H17ClN4O2/c1-2-26-20-17(12-24-26)16(11-18(25-20)14-7-4-3-5-8-14)21(27)28-13-15-9-6-10-23-19(15)22/h3-12H,2,13H2,1H3. The van der Waals surface area contributed by atoms with Crippen molar-refractivity contribution < 1.29 is 9.53 Å². The highest BCUT2D eigenvalue weighted by atomic mass is 35.5. The van der Waals surface area contributed by atoms with Gasteiger partial charge >= 0.3 is 5.97 Å². The Morgan fingerprint density at radius 2 is 2.00 bits per heavy atom. The van der Waals surface area contributed by atoms with Gasteiger partial charge in [-0.25, -0.2) is 19.4 Å². The molecule has 0 amide bonds. The molecule has 0 unspecified atom stereocenters. The highest BCUT2D eigenvalue weighted by molar-refractivity contribution is 6.30. The SMILES string of the molecule is CCn1ncc2c(C(=O)OCc3cccnc3Cl)cc(-c3ccccc3)nc21. The summed E-state index contributed by atoms with van der Waals surface area (Å²) in [5.74, 6) is -0.458. The molecule has 0 saturated carbocycles. The van der Waals surface area contributed by atoms with E-state index in [-0.39, 0.29) is 6.61 Å². The first-order valence-corrected chi connectivity index (χ1v) is 9.23. The molecule has 0 N–H and O–H groups in total. The van der Waals surface area contributed by atoms with Gasteiger partial charge in [-0.1, -0.05) is 48.0 Å². The van der Waals surface area contributed by atoms with Gasteiger partial charge in [-0.3, -0.25) is 0 Å². The van der Waals surface area contributed by atoms with Crippen LogP contribution in [0, 0.1) is 0 Å². The van der Waals surface area contributed by atoms with Crippen LogP contribution in [-0.2, 0) is 17.9 Å². The van der Waals surface area contributed by atoms with Gasteiger partial charge < -0.3 is 4.74 Å². The molecule has 28 heavy (non-hydrogen) atoms.